The Bertz CT molecular complexity index is 5920. The van der Waals surface area contributed by atoms with Crippen LogP contribution < -0.4 is 42.5 Å². The van der Waals surface area contributed by atoms with Crippen molar-refractivity contribution in [3.63, 3.8) is 0 Å². The van der Waals surface area contributed by atoms with Crippen LogP contribution in [0.3, 0.4) is 0 Å². The number of amides is 4. The summed E-state index contributed by atoms with van der Waals surface area (Å²) in [6.45, 7) is 0.470. The summed E-state index contributed by atoms with van der Waals surface area (Å²) in [4.78, 5) is 60.8. The van der Waals surface area contributed by atoms with Crippen LogP contribution >= 0.6 is 0 Å². The Morgan fingerprint density at radius 1 is 0.314 bits per heavy atom. The zero-order chi connectivity index (χ0) is 84.4. The summed E-state index contributed by atoms with van der Waals surface area (Å²) in [5, 5.41) is 52.5. The van der Waals surface area contributed by atoms with Gasteiger partial charge in [0.25, 0.3) is 0 Å². The molecule has 16 aromatic rings. The van der Waals surface area contributed by atoms with Crippen LogP contribution in [0.15, 0.2) is 249 Å². The highest BCUT2D eigenvalue weighted by atomic mass is 19.2. The molecule has 0 saturated carbocycles. The molecule has 31 heteroatoms. The van der Waals surface area contributed by atoms with Crippen LogP contribution in [0.25, 0.3) is 92.2 Å². The normalized spacial score (nSPS) is 11.2. The molecule has 0 aliphatic heterocycles. The Morgan fingerprint density at radius 2 is 0.661 bits per heavy atom. The minimum Gasteiger partial charge on any atom is -0.376 e. The van der Waals surface area contributed by atoms with Crippen molar-refractivity contribution in [3.05, 3.63) is 347 Å². The van der Waals surface area contributed by atoms with Crippen molar-refractivity contribution in [2.24, 2.45) is 0 Å². The molecule has 7 heterocycles. The molecule has 9 aromatic carbocycles. The highest BCUT2D eigenvalue weighted by Gasteiger charge is 2.18. The number of rotatable bonds is 25. The van der Waals surface area contributed by atoms with Gasteiger partial charge in [-0.3, -0.25) is 49.5 Å². The molecule has 0 spiro atoms. The highest BCUT2D eigenvalue weighted by molar-refractivity contribution is 6.02. The molecule has 0 fully saturated rings. The minimum atomic E-state index is -0.577. The lowest BCUT2D eigenvalue weighted by atomic mass is 10.1. The molecule has 0 unspecified atom stereocenters. The standard InChI is InChI=1S/C24H20F2N4O.3C22H17F2N5O/c25-18-9-6-16(7-10-18)8-11-21-19-12-23(20(26)13-22(19)30-29-21)28-24(31)15-27-14-17-4-2-1-3-5-17;23-15-4-1-14(2-5-15)3-6-19-17-11-21(18(24)12-20(17)29-28-19)27-22(30)13-26-16-7-9-25-10-8-16;23-15-6-3-14(4-7-15)5-8-19-17-10-21(18(24)11-20(17)29-28-19)27-22(30)13-26-16-2-1-9-25-12-16;23-15-7-4-14(5-8-15)6-9-18-16-11-20(17(24)12-19(16)29-28-18)27-22(30)13-26-21-3-1-2-10-25-21/h1-13,27H,14-15H2,(H,28,31)(H,29,30);1-12H,13H2,(H,25,26)(H,27,30)(H,28,29);1-12,26H,13H2,(H,27,30)(H,28,29);1-12H,13H2,(H,25,26)(H,27,30)(H,28,29)/b11-8+;6-3+;8-5+;9-6+. The average molecular weight is 1630 g/mol. The zero-order valence-corrected chi connectivity index (χ0v) is 63.6. The zero-order valence-electron chi connectivity index (χ0n) is 63.6. The van der Waals surface area contributed by atoms with Crippen molar-refractivity contribution in [1.29, 1.82) is 0 Å². The van der Waals surface area contributed by atoms with E-state index in [2.05, 4.69) is 98.3 Å². The first-order chi connectivity index (χ1) is 58.8. The number of fused-ring (bicyclic) bond motifs is 4. The molecule has 23 nitrogen and oxygen atoms in total. The third kappa shape index (κ3) is 23.8. The number of nitrogens with zero attached hydrogens (tertiary/aromatic N) is 7. The van der Waals surface area contributed by atoms with E-state index in [1.54, 1.807) is 177 Å². The van der Waals surface area contributed by atoms with Crippen LogP contribution in [-0.4, -0.2) is 106 Å². The fraction of sp³-hybridized carbons (Fsp3) is 0.0556. The van der Waals surface area contributed by atoms with Crippen molar-refractivity contribution < 1.29 is 54.3 Å². The smallest absolute Gasteiger partial charge is 0.243 e. The number of hydrogen-bond acceptors (Lipinski definition) is 15. The molecule has 121 heavy (non-hydrogen) atoms. The van der Waals surface area contributed by atoms with Crippen molar-refractivity contribution in [2.45, 2.75) is 6.54 Å². The number of carbonyl (C=O) groups excluding carboxylic acids is 4. The molecule has 0 radical (unpaired) electrons. The van der Waals surface area contributed by atoms with Crippen LogP contribution in [0.4, 0.5) is 75.1 Å². The van der Waals surface area contributed by atoms with Crippen LogP contribution in [0.2, 0.25) is 0 Å². The summed E-state index contributed by atoms with van der Waals surface area (Å²) in [6.07, 6.45) is 22.1. The number of aromatic amines is 4. The van der Waals surface area contributed by atoms with Crippen molar-refractivity contribution in [3.8, 4) is 0 Å². The SMILES string of the molecule is O=C(CNCc1ccccc1)Nc1cc2c(/C=C/c3ccc(F)cc3)n[nH]c2cc1F.O=C(CNc1ccccn1)Nc1cc2c(/C=C/c3ccc(F)cc3)n[nH]c2cc1F.O=C(CNc1cccnc1)Nc1cc2c(/C=C/c3ccc(F)cc3)n[nH]c2cc1F.O=C(CNc1ccncc1)Nc1cc2c(/C=C/c3ccc(F)cc3)n[nH]c2cc1F. The van der Waals surface area contributed by atoms with Gasteiger partial charge in [0.2, 0.25) is 23.6 Å². The summed E-state index contributed by atoms with van der Waals surface area (Å²) in [5.74, 6) is -4.53. The highest BCUT2D eigenvalue weighted by Crippen LogP contribution is 2.31. The van der Waals surface area contributed by atoms with Crippen molar-refractivity contribution in [1.82, 2.24) is 61.1 Å². The number of H-pyrrole nitrogens is 4. The largest absolute Gasteiger partial charge is 0.376 e. The van der Waals surface area contributed by atoms with E-state index in [-0.39, 0.29) is 78.1 Å². The van der Waals surface area contributed by atoms with Crippen molar-refractivity contribution in [2.75, 3.05) is 63.4 Å². The third-order valence-corrected chi connectivity index (χ3v) is 17.8. The fourth-order valence-electron chi connectivity index (χ4n) is 11.8. The Labute approximate surface area is 684 Å². The summed E-state index contributed by atoms with van der Waals surface area (Å²) in [6, 6.07) is 57.3. The van der Waals surface area contributed by atoms with E-state index in [1.807, 2.05) is 30.3 Å². The Morgan fingerprint density at radius 3 is 1.01 bits per heavy atom. The summed E-state index contributed by atoms with van der Waals surface area (Å²) >= 11 is 0. The van der Waals surface area contributed by atoms with Crippen LogP contribution in [-0.2, 0) is 25.7 Å². The second-order valence-electron chi connectivity index (χ2n) is 26.5. The first-order valence-corrected chi connectivity index (χ1v) is 37.2. The first-order valence-electron chi connectivity index (χ1n) is 37.2. The van der Waals surface area contributed by atoms with Crippen LogP contribution in [0, 0.1) is 46.5 Å². The molecule has 0 atom stereocenters. The van der Waals surface area contributed by atoms with Gasteiger partial charge in [-0.15, -0.1) is 0 Å². The van der Waals surface area contributed by atoms with E-state index in [9.17, 15) is 54.3 Å². The third-order valence-electron chi connectivity index (χ3n) is 17.8. The van der Waals surface area contributed by atoms with E-state index in [1.165, 1.54) is 91.0 Å². The lowest BCUT2D eigenvalue weighted by Crippen LogP contribution is -2.28. The Balaban J connectivity index is 0.000000139. The Kier molecular flexibility index (Phi) is 27.7. The maximum absolute atomic E-state index is 14.4. The second kappa shape index (κ2) is 40.5. The van der Waals surface area contributed by atoms with Gasteiger partial charge in [0.15, 0.2) is 0 Å². The van der Waals surface area contributed by atoms with Gasteiger partial charge in [0.05, 0.1) is 99.5 Å². The van der Waals surface area contributed by atoms with E-state index in [4.69, 9.17) is 0 Å². The molecule has 12 N–H and O–H groups in total. The number of hydrogen-bond donors (Lipinski definition) is 12. The average Bonchev–Trinajstić information content (AvgIpc) is 1.69. The van der Waals surface area contributed by atoms with Crippen LogP contribution in [0.1, 0.15) is 50.6 Å². The lowest BCUT2D eigenvalue weighted by molar-refractivity contribution is -0.116. The molecule has 0 bridgehead atoms. The molecule has 606 valence electrons. The van der Waals surface area contributed by atoms with E-state index >= 15 is 0 Å². The molecule has 4 amide bonds. The monoisotopic (exact) mass is 1630 g/mol. The maximum Gasteiger partial charge on any atom is 0.243 e. The van der Waals surface area contributed by atoms with E-state index < -0.39 is 41.0 Å². The summed E-state index contributed by atoms with van der Waals surface area (Å²) in [7, 11) is 0. The number of benzene rings is 9. The predicted octanol–water partition coefficient (Wildman–Crippen LogP) is 18.1. The van der Waals surface area contributed by atoms with Crippen LogP contribution in [0.5, 0.6) is 0 Å². The van der Waals surface area contributed by atoms with Gasteiger partial charge < -0.3 is 42.5 Å². The molecule has 0 aliphatic carbocycles. The lowest BCUT2D eigenvalue weighted by Gasteiger charge is -2.08. The van der Waals surface area contributed by atoms with Gasteiger partial charge in [-0.25, -0.2) is 40.1 Å². The molecular formula is C90H71F8N19O4. The number of aromatic nitrogens is 11. The first kappa shape index (κ1) is 82.9. The van der Waals surface area contributed by atoms with E-state index in [0.717, 1.165) is 33.5 Å². The number of carbonyl (C=O) groups is 4. The summed E-state index contributed by atoms with van der Waals surface area (Å²) < 4.78 is 110. The topological polar surface area (TPSA) is 318 Å². The molecule has 16 rings (SSSR count). The maximum atomic E-state index is 14.4. The number of pyridine rings is 3. The van der Waals surface area contributed by atoms with Crippen molar-refractivity contribution >= 4 is 156 Å². The van der Waals surface area contributed by atoms with Gasteiger partial charge in [-0.05, 0) is 161 Å². The second-order valence-corrected chi connectivity index (χ2v) is 26.5. The van der Waals surface area contributed by atoms with Gasteiger partial charge in [-0.2, -0.15) is 20.4 Å². The molecule has 0 saturated heterocycles. The summed E-state index contributed by atoms with van der Waals surface area (Å²) in [5.41, 5.74) is 10.2. The fourth-order valence-corrected chi connectivity index (χ4v) is 11.8. The van der Waals surface area contributed by atoms with Gasteiger partial charge in [0, 0.05) is 89.0 Å². The molecular weight excluding hydrogens is 1560 g/mol. The minimum absolute atomic E-state index is 0.0236. The number of anilines is 7. The van der Waals surface area contributed by atoms with E-state index in [0.29, 0.717) is 84.4 Å². The Hall–Kier alpha value is -16.1. The quantitative estimate of drug-likeness (QED) is 0.0237. The number of nitrogens with one attached hydrogen (secondary N) is 12. The number of halogens is 8. The van der Waals surface area contributed by atoms with Gasteiger partial charge >= 0.3 is 0 Å². The molecule has 0 aliphatic rings. The molecule has 7 aromatic heterocycles. The predicted molar refractivity (Wildman–Crippen MR) is 456 cm³/mol. The van der Waals surface area contributed by atoms with Gasteiger partial charge in [-0.1, -0.05) is 109 Å². The van der Waals surface area contributed by atoms with Gasteiger partial charge in [0.1, 0.15) is 52.4 Å².